The van der Waals surface area contributed by atoms with Crippen LogP contribution >= 0.6 is 0 Å². The minimum atomic E-state index is 1.50. The molecule has 0 amide bonds. The average molecular weight is 134 g/mol. The van der Waals surface area contributed by atoms with Crippen molar-refractivity contribution in [2.24, 2.45) is 17.2 Å². The van der Waals surface area contributed by atoms with Gasteiger partial charge in [-0.25, -0.2) is 0 Å². The van der Waals surface area contributed by atoms with Crippen LogP contribution in [0.3, 0.4) is 0 Å². The summed E-state index contributed by atoms with van der Waals surface area (Å²) in [6, 6.07) is 0. The Bertz CT molecular complexity index is 15.8. The van der Waals surface area contributed by atoms with E-state index in [-0.39, 0.29) is 0 Å². The molecule has 0 spiro atoms. The molecule has 0 aromatic heterocycles. The van der Waals surface area contributed by atoms with E-state index in [1.54, 1.807) is 0 Å². The highest BCUT2D eigenvalue weighted by atomic mass is 14.4. The van der Waals surface area contributed by atoms with E-state index in [0.29, 0.717) is 0 Å². The number of hydrogen-bond acceptors (Lipinski definition) is 3. The van der Waals surface area contributed by atoms with Gasteiger partial charge in [0.05, 0.1) is 0 Å². The third-order valence-electron chi connectivity index (χ3n) is 0. The number of allylic oxidation sites excluding steroid dienone is 1. The predicted molar refractivity (Wildman–Crippen MR) is 45.9 cm³/mol. The Morgan fingerprint density at radius 3 is 0.889 bits per heavy atom. The molecule has 0 heterocycles. The molecule has 0 aliphatic carbocycles. The molecule has 0 bridgehead atoms. The summed E-state index contributed by atoms with van der Waals surface area (Å²) in [7, 11) is 4.50. The fourth-order valence-corrected chi connectivity index (χ4v) is 0. The Balaban J connectivity index is -0.0000000190. The largest absolute Gasteiger partial charge is 0.333 e. The summed E-state index contributed by atoms with van der Waals surface area (Å²) >= 11 is 0. The molecule has 0 atom stereocenters. The van der Waals surface area contributed by atoms with Gasteiger partial charge in [0.1, 0.15) is 0 Å². The second kappa shape index (κ2) is 869. The van der Waals surface area contributed by atoms with E-state index in [2.05, 4.69) is 30.7 Å². The van der Waals surface area contributed by atoms with Crippen molar-refractivity contribution < 1.29 is 0 Å². The minimum absolute atomic E-state index is 1.50. The van der Waals surface area contributed by atoms with Crippen LogP contribution in [0, 0.1) is 6.92 Å². The quantitative estimate of drug-likeness (QED) is 0.427. The van der Waals surface area contributed by atoms with Crippen LogP contribution in [0.5, 0.6) is 0 Å². The topological polar surface area (TPSA) is 78.1 Å². The Labute approximate surface area is 58.9 Å². The first kappa shape index (κ1) is 23.4. The van der Waals surface area contributed by atoms with Crippen molar-refractivity contribution in [2.45, 2.75) is 0 Å². The van der Waals surface area contributed by atoms with Crippen LogP contribution in [0.25, 0.3) is 0 Å². The van der Waals surface area contributed by atoms with Crippen molar-refractivity contribution in [3.8, 4) is 0 Å². The molecule has 0 rings (SSSR count). The molecule has 0 aliphatic rings. The van der Waals surface area contributed by atoms with Gasteiger partial charge in [-0.15, -0.1) is 6.58 Å². The summed E-state index contributed by atoms with van der Waals surface area (Å²) in [5.41, 5.74) is 13.5. The van der Waals surface area contributed by atoms with E-state index in [0.717, 1.165) is 0 Å². The molecule has 0 fully saturated rings. The van der Waals surface area contributed by atoms with Crippen molar-refractivity contribution in [2.75, 3.05) is 21.1 Å². The number of nitrogens with two attached hydrogens (primary N) is 3. The fraction of sp³-hybridized carbons (Fsp3) is 0.500. The fourth-order valence-electron chi connectivity index (χ4n) is 0. The maximum atomic E-state index is 4.50. The van der Waals surface area contributed by atoms with E-state index in [1.165, 1.54) is 27.2 Å². The molecule has 9 heavy (non-hydrogen) atoms. The minimum Gasteiger partial charge on any atom is -0.333 e. The van der Waals surface area contributed by atoms with Crippen molar-refractivity contribution in [3.05, 3.63) is 19.6 Å². The predicted octanol–water partition coefficient (Wildman–Crippen LogP) is -0.269. The zero-order valence-electron chi connectivity index (χ0n) is 6.72. The molecule has 0 saturated carbocycles. The summed E-state index contributed by atoms with van der Waals surface area (Å²) in [5.74, 6) is 0. The Morgan fingerprint density at radius 2 is 0.889 bits per heavy atom. The molecule has 0 aromatic rings. The smallest absolute Gasteiger partial charge is 0.0195 e. The van der Waals surface area contributed by atoms with Crippen LogP contribution in [0.4, 0.5) is 0 Å². The van der Waals surface area contributed by atoms with Crippen LogP contribution in [0.1, 0.15) is 0 Å². The molecular weight excluding hydrogens is 114 g/mol. The van der Waals surface area contributed by atoms with Crippen LogP contribution in [-0.4, -0.2) is 21.1 Å². The van der Waals surface area contributed by atoms with Crippen molar-refractivity contribution in [1.29, 1.82) is 0 Å². The van der Waals surface area contributed by atoms with Crippen LogP contribution in [-0.2, 0) is 0 Å². The maximum Gasteiger partial charge on any atom is -0.0195 e. The van der Waals surface area contributed by atoms with E-state index >= 15 is 0 Å². The molecule has 0 aromatic carbocycles. The van der Waals surface area contributed by atoms with E-state index in [1.807, 2.05) is 0 Å². The summed E-state index contributed by atoms with van der Waals surface area (Å²) in [6.45, 7) is 6.50. The molecule has 6 N–H and O–H groups in total. The van der Waals surface area contributed by atoms with Gasteiger partial charge in [0.15, 0.2) is 0 Å². The SMILES string of the molecule is CN.CN.CN.[CH2]C=C. The first-order valence-electron chi connectivity index (χ1n) is 2.55. The van der Waals surface area contributed by atoms with Crippen LogP contribution in [0.15, 0.2) is 12.7 Å². The van der Waals surface area contributed by atoms with E-state index in [4.69, 9.17) is 0 Å². The molecule has 3 heteroatoms. The first-order chi connectivity index (χ1) is 4.41. The lowest BCUT2D eigenvalue weighted by atomic mass is 10.8. The molecule has 0 unspecified atom stereocenters. The lowest BCUT2D eigenvalue weighted by molar-refractivity contribution is 1.48. The normalized spacial score (nSPS) is 3.44. The van der Waals surface area contributed by atoms with Gasteiger partial charge >= 0.3 is 0 Å². The zero-order valence-corrected chi connectivity index (χ0v) is 6.72. The first-order valence-corrected chi connectivity index (χ1v) is 2.55. The van der Waals surface area contributed by atoms with Crippen molar-refractivity contribution >= 4 is 0 Å². The lowest BCUT2D eigenvalue weighted by Gasteiger charge is -1.30. The molecule has 0 saturated heterocycles. The highest BCUT2D eigenvalue weighted by Crippen LogP contribution is 1.36. The van der Waals surface area contributed by atoms with Gasteiger partial charge < -0.3 is 17.2 Å². The highest BCUT2D eigenvalue weighted by Gasteiger charge is 1.15. The standard InChI is InChI=1S/C3H5.3CH5N/c1-3-2;3*1-2/h3H,1-2H2;3*2H2,1H3. The molecule has 3 nitrogen and oxygen atoms in total. The van der Waals surface area contributed by atoms with Gasteiger partial charge in [-0.05, 0) is 28.1 Å². The third-order valence-corrected chi connectivity index (χ3v) is 0. The van der Waals surface area contributed by atoms with Crippen LogP contribution in [0.2, 0.25) is 0 Å². The van der Waals surface area contributed by atoms with Gasteiger partial charge in [-0.1, -0.05) is 6.08 Å². The Morgan fingerprint density at radius 1 is 0.889 bits per heavy atom. The molecule has 1 radical (unpaired) electrons. The summed E-state index contributed by atoms with van der Waals surface area (Å²) in [6.07, 6.45) is 1.50. The van der Waals surface area contributed by atoms with Gasteiger partial charge in [-0.2, -0.15) is 0 Å². The van der Waals surface area contributed by atoms with E-state index < -0.39 is 0 Å². The monoisotopic (exact) mass is 134 g/mol. The van der Waals surface area contributed by atoms with Gasteiger partial charge in [0.2, 0.25) is 0 Å². The second-order valence-corrected chi connectivity index (χ2v) is 0.289. The third kappa shape index (κ3) is 1670. The van der Waals surface area contributed by atoms with Crippen molar-refractivity contribution in [1.82, 2.24) is 0 Å². The van der Waals surface area contributed by atoms with Gasteiger partial charge in [0, 0.05) is 0 Å². The van der Waals surface area contributed by atoms with Gasteiger partial charge in [0.25, 0.3) is 0 Å². The Hall–Kier alpha value is -0.380. The number of rotatable bonds is 0. The molecular formula is C6H20N3. The zero-order chi connectivity index (χ0) is 8.71. The van der Waals surface area contributed by atoms with Crippen LogP contribution < -0.4 is 17.2 Å². The summed E-state index contributed by atoms with van der Waals surface area (Å²) in [4.78, 5) is 0. The summed E-state index contributed by atoms with van der Waals surface area (Å²) < 4.78 is 0. The second-order valence-electron chi connectivity index (χ2n) is 0.289. The molecule has 59 valence electrons. The Kier molecular flexibility index (Phi) is 2260. The maximum absolute atomic E-state index is 4.50. The lowest BCUT2D eigenvalue weighted by Crippen LogP contribution is -1.69. The summed E-state index contributed by atoms with van der Waals surface area (Å²) in [5, 5.41) is 0. The number of hydrogen-bond donors (Lipinski definition) is 3. The average Bonchev–Trinajstić information content (AvgIpc) is 2.01. The van der Waals surface area contributed by atoms with Crippen molar-refractivity contribution in [3.63, 3.8) is 0 Å². The van der Waals surface area contributed by atoms with Gasteiger partial charge in [-0.3, -0.25) is 0 Å². The highest BCUT2D eigenvalue weighted by molar-refractivity contribution is 4.66. The molecule has 0 aliphatic heterocycles. The van der Waals surface area contributed by atoms with E-state index in [9.17, 15) is 0 Å².